The number of halogens is 1. The van der Waals surface area contributed by atoms with Crippen LogP contribution in [0.4, 0.5) is 4.39 Å². The summed E-state index contributed by atoms with van der Waals surface area (Å²) in [4.78, 5) is 2.02. The van der Waals surface area contributed by atoms with E-state index in [9.17, 15) is 4.39 Å². The number of nitriles is 1. The van der Waals surface area contributed by atoms with Crippen molar-refractivity contribution in [3.63, 3.8) is 0 Å². The van der Waals surface area contributed by atoms with E-state index in [2.05, 4.69) is 6.07 Å². The van der Waals surface area contributed by atoms with Gasteiger partial charge in [-0.2, -0.15) is 5.26 Å². The molecule has 0 atom stereocenters. The second-order valence-electron chi connectivity index (χ2n) is 4.58. The lowest BCUT2D eigenvalue weighted by Gasteiger charge is -2.17. The fraction of sp³-hybridized carbons (Fsp3) is 0.188. The van der Waals surface area contributed by atoms with Gasteiger partial charge in [-0.3, -0.25) is 4.90 Å². The van der Waals surface area contributed by atoms with Crippen molar-refractivity contribution in [2.24, 2.45) is 0 Å². The molecule has 0 heterocycles. The second-order valence-corrected chi connectivity index (χ2v) is 4.58. The highest BCUT2D eigenvalue weighted by Crippen LogP contribution is 2.12. The highest BCUT2D eigenvalue weighted by molar-refractivity contribution is 5.32. The molecule has 0 aromatic heterocycles. The van der Waals surface area contributed by atoms with E-state index in [1.54, 1.807) is 18.2 Å². The molecule has 0 fully saturated rings. The van der Waals surface area contributed by atoms with E-state index < -0.39 is 0 Å². The Morgan fingerprint density at radius 3 is 2.63 bits per heavy atom. The highest BCUT2D eigenvalue weighted by Gasteiger charge is 2.06. The summed E-state index contributed by atoms with van der Waals surface area (Å²) in [5, 5.41) is 8.85. The van der Waals surface area contributed by atoms with Gasteiger partial charge in [0.1, 0.15) is 5.82 Å². The Hall–Kier alpha value is -2.18. The van der Waals surface area contributed by atoms with Crippen LogP contribution < -0.4 is 0 Å². The van der Waals surface area contributed by atoms with Crippen molar-refractivity contribution in [2.75, 3.05) is 7.05 Å². The number of hydrogen-bond acceptors (Lipinski definition) is 2. The van der Waals surface area contributed by atoms with Crippen LogP contribution in [-0.2, 0) is 13.1 Å². The maximum atomic E-state index is 13.5. The normalized spacial score (nSPS) is 10.4. The molecule has 2 aromatic rings. The minimum atomic E-state index is -0.180. The average Bonchev–Trinajstić information content (AvgIpc) is 2.41. The molecular weight excluding hydrogens is 239 g/mol. The maximum Gasteiger partial charge on any atom is 0.127 e. The first-order valence-electron chi connectivity index (χ1n) is 6.10. The SMILES string of the molecule is CN(Cc1cccc(C#N)c1)Cc1ccccc1F. The number of rotatable bonds is 4. The second kappa shape index (κ2) is 6.12. The predicted molar refractivity (Wildman–Crippen MR) is 72.7 cm³/mol. The Kier molecular flexibility index (Phi) is 4.27. The van der Waals surface area contributed by atoms with Gasteiger partial charge < -0.3 is 0 Å². The Labute approximate surface area is 112 Å². The Balaban J connectivity index is 2.03. The van der Waals surface area contributed by atoms with Gasteiger partial charge in [-0.1, -0.05) is 30.3 Å². The van der Waals surface area contributed by atoms with Crippen LogP contribution in [0, 0.1) is 17.1 Å². The standard InChI is InChI=1S/C16H15FN2/c1-19(12-15-7-2-3-8-16(15)17)11-14-6-4-5-13(9-14)10-18/h2-9H,11-12H2,1H3. The molecular formula is C16H15FN2. The predicted octanol–water partition coefficient (Wildman–Crippen LogP) is 3.33. The molecule has 19 heavy (non-hydrogen) atoms. The van der Waals surface area contributed by atoms with Crippen LogP contribution in [0.2, 0.25) is 0 Å². The molecule has 0 spiro atoms. The van der Waals surface area contributed by atoms with Crippen molar-refractivity contribution in [2.45, 2.75) is 13.1 Å². The third kappa shape index (κ3) is 3.64. The fourth-order valence-electron chi connectivity index (χ4n) is 2.02. The smallest absolute Gasteiger partial charge is 0.127 e. The quantitative estimate of drug-likeness (QED) is 0.836. The van der Waals surface area contributed by atoms with E-state index in [0.717, 1.165) is 5.56 Å². The molecule has 0 amide bonds. The molecule has 0 unspecified atom stereocenters. The zero-order valence-electron chi connectivity index (χ0n) is 10.8. The van der Waals surface area contributed by atoms with Crippen molar-refractivity contribution in [3.05, 3.63) is 71.0 Å². The Bertz CT molecular complexity index is 602. The van der Waals surface area contributed by atoms with Gasteiger partial charge in [0.25, 0.3) is 0 Å². The van der Waals surface area contributed by atoms with E-state index in [1.807, 2.05) is 36.2 Å². The molecule has 0 aliphatic rings. The summed E-state index contributed by atoms with van der Waals surface area (Å²) >= 11 is 0. The lowest BCUT2D eigenvalue weighted by atomic mass is 10.1. The first kappa shape index (κ1) is 13.3. The molecule has 2 nitrogen and oxygen atoms in total. The maximum absolute atomic E-state index is 13.5. The summed E-state index contributed by atoms with van der Waals surface area (Å²) in [5.74, 6) is -0.180. The average molecular weight is 254 g/mol. The minimum absolute atomic E-state index is 0.180. The number of nitrogens with zero attached hydrogens (tertiary/aromatic N) is 2. The highest BCUT2D eigenvalue weighted by atomic mass is 19.1. The van der Waals surface area contributed by atoms with Crippen LogP contribution in [0.15, 0.2) is 48.5 Å². The van der Waals surface area contributed by atoms with Gasteiger partial charge in [0, 0.05) is 18.7 Å². The molecule has 0 N–H and O–H groups in total. The van der Waals surface area contributed by atoms with Crippen molar-refractivity contribution in [1.82, 2.24) is 4.90 Å². The molecule has 0 radical (unpaired) electrons. The van der Waals surface area contributed by atoms with Crippen LogP contribution >= 0.6 is 0 Å². The van der Waals surface area contributed by atoms with Crippen molar-refractivity contribution < 1.29 is 4.39 Å². The van der Waals surface area contributed by atoms with Crippen LogP contribution in [0.1, 0.15) is 16.7 Å². The lowest BCUT2D eigenvalue weighted by Crippen LogP contribution is -2.18. The Morgan fingerprint density at radius 2 is 1.89 bits per heavy atom. The fourth-order valence-corrected chi connectivity index (χ4v) is 2.02. The largest absolute Gasteiger partial charge is 0.298 e. The van der Waals surface area contributed by atoms with E-state index in [0.29, 0.717) is 24.2 Å². The van der Waals surface area contributed by atoms with E-state index in [4.69, 9.17) is 5.26 Å². The molecule has 96 valence electrons. The lowest BCUT2D eigenvalue weighted by molar-refractivity contribution is 0.313. The van der Waals surface area contributed by atoms with E-state index in [-0.39, 0.29) is 5.82 Å². The van der Waals surface area contributed by atoms with Crippen molar-refractivity contribution in [1.29, 1.82) is 5.26 Å². The van der Waals surface area contributed by atoms with Crippen LogP contribution in [0.25, 0.3) is 0 Å². The van der Waals surface area contributed by atoms with E-state index in [1.165, 1.54) is 6.07 Å². The first-order chi connectivity index (χ1) is 9.19. The van der Waals surface area contributed by atoms with Gasteiger partial charge in [0.15, 0.2) is 0 Å². The molecule has 0 saturated carbocycles. The van der Waals surface area contributed by atoms with Gasteiger partial charge in [0.05, 0.1) is 11.6 Å². The molecule has 0 saturated heterocycles. The zero-order chi connectivity index (χ0) is 13.7. The monoisotopic (exact) mass is 254 g/mol. The third-order valence-corrected chi connectivity index (χ3v) is 2.91. The zero-order valence-corrected chi connectivity index (χ0v) is 10.8. The van der Waals surface area contributed by atoms with Gasteiger partial charge in [-0.05, 0) is 30.8 Å². The Morgan fingerprint density at radius 1 is 1.11 bits per heavy atom. The first-order valence-corrected chi connectivity index (χ1v) is 6.10. The summed E-state index contributed by atoms with van der Waals surface area (Å²) in [5.41, 5.74) is 2.39. The summed E-state index contributed by atoms with van der Waals surface area (Å²) in [6, 6.07) is 16.4. The summed E-state index contributed by atoms with van der Waals surface area (Å²) in [7, 11) is 1.94. The molecule has 3 heteroatoms. The number of benzene rings is 2. The molecule has 0 bridgehead atoms. The summed E-state index contributed by atoms with van der Waals surface area (Å²) in [6.07, 6.45) is 0. The third-order valence-electron chi connectivity index (χ3n) is 2.91. The van der Waals surface area contributed by atoms with Gasteiger partial charge in [-0.25, -0.2) is 4.39 Å². The van der Waals surface area contributed by atoms with Crippen LogP contribution in [0.3, 0.4) is 0 Å². The van der Waals surface area contributed by atoms with Crippen molar-refractivity contribution >= 4 is 0 Å². The molecule has 0 aliphatic carbocycles. The van der Waals surface area contributed by atoms with Gasteiger partial charge in [0.2, 0.25) is 0 Å². The van der Waals surface area contributed by atoms with Crippen LogP contribution in [-0.4, -0.2) is 11.9 Å². The summed E-state index contributed by atoms with van der Waals surface area (Å²) in [6.45, 7) is 1.23. The molecule has 2 rings (SSSR count). The number of hydrogen-bond donors (Lipinski definition) is 0. The topological polar surface area (TPSA) is 27.0 Å². The molecule has 0 aliphatic heterocycles. The summed E-state index contributed by atoms with van der Waals surface area (Å²) < 4.78 is 13.5. The molecule has 2 aromatic carbocycles. The minimum Gasteiger partial charge on any atom is -0.298 e. The van der Waals surface area contributed by atoms with E-state index >= 15 is 0 Å². The van der Waals surface area contributed by atoms with Gasteiger partial charge >= 0.3 is 0 Å². The van der Waals surface area contributed by atoms with Crippen LogP contribution in [0.5, 0.6) is 0 Å². The van der Waals surface area contributed by atoms with Gasteiger partial charge in [-0.15, -0.1) is 0 Å². The van der Waals surface area contributed by atoms with Crippen molar-refractivity contribution in [3.8, 4) is 6.07 Å².